The van der Waals surface area contributed by atoms with Gasteiger partial charge >= 0.3 is 5.97 Å². The molecule has 1 unspecified atom stereocenters. The number of anilines is 1. The van der Waals surface area contributed by atoms with Crippen molar-refractivity contribution >= 4 is 29.0 Å². The number of carbonyl (C=O) groups excluding carboxylic acids is 1. The van der Waals surface area contributed by atoms with Crippen molar-refractivity contribution < 1.29 is 9.53 Å². The SMILES string of the molecule is CCOC(=O)c1cccc(NC(=S)N2CCN(C(C)c3ccccc3)CC2)c1. The van der Waals surface area contributed by atoms with Crippen LogP contribution in [0, 0.1) is 0 Å². The van der Waals surface area contributed by atoms with Gasteiger partial charge in [0.05, 0.1) is 12.2 Å². The van der Waals surface area contributed by atoms with Gasteiger partial charge in [-0.3, -0.25) is 4.90 Å². The predicted molar refractivity (Wildman–Crippen MR) is 117 cm³/mol. The lowest BCUT2D eigenvalue weighted by Gasteiger charge is -2.39. The molecule has 1 heterocycles. The summed E-state index contributed by atoms with van der Waals surface area (Å²) in [4.78, 5) is 16.6. The zero-order valence-corrected chi connectivity index (χ0v) is 17.2. The first-order chi connectivity index (χ1) is 13.6. The average molecular weight is 398 g/mol. The summed E-state index contributed by atoms with van der Waals surface area (Å²) in [6.07, 6.45) is 0. The summed E-state index contributed by atoms with van der Waals surface area (Å²) >= 11 is 5.59. The molecular formula is C22H27N3O2S. The zero-order chi connectivity index (χ0) is 19.9. The van der Waals surface area contributed by atoms with Crippen LogP contribution in [0.1, 0.15) is 35.8 Å². The van der Waals surface area contributed by atoms with E-state index in [0.29, 0.717) is 23.3 Å². The molecule has 3 rings (SSSR count). The van der Waals surface area contributed by atoms with Gasteiger partial charge in [0.1, 0.15) is 0 Å². The van der Waals surface area contributed by atoms with Crippen molar-refractivity contribution in [3.8, 4) is 0 Å². The molecule has 5 nitrogen and oxygen atoms in total. The van der Waals surface area contributed by atoms with Crippen LogP contribution >= 0.6 is 12.2 Å². The summed E-state index contributed by atoms with van der Waals surface area (Å²) in [5, 5.41) is 3.94. The predicted octanol–water partition coefficient (Wildman–Crippen LogP) is 3.94. The van der Waals surface area contributed by atoms with Crippen LogP contribution in [-0.2, 0) is 4.74 Å². The van der Waals surface area contributed by atoms with Gasteiger partial charge in [-0.05, 0) is 49.8 Å². The third-order valence-electron chi connectivity index (χ3n) is 5.06. The Morgan fingerprint density at radius 2 is 1.82 bits per heavy atom. The lowest BCUT2D eigenvalue weighted by Crippen LogP contribution is -2.50. The van der Waals surface area contributed by atoms with E-state index in [2.05, 4.69) is 52.4 Å². The summed E-state index contributed by atoms with van der Waals surface area (Å²) in [5.74, 6) is -0.319. The number of thiocarbonyl (C=S) groups is 1. The summed E-state index contributed by atoms with van der Waals surface area (Å²) in [6.45, 7) is 8.08. The number of ether oxygens (including phenoxy) is 1. The molecule has 0 bridgehead atoms. The smallest absolute Gasteiger partial charge is 0.338 e. The molecule has 1 aliphatic rings. The lowest BCUT2D eigenvalue weighted by atomic mass is 10.1. The first kappa shape index (κ1) is 20.3. The number of carbonyl (C=O) groups is 1. The van der Waals surface area contributed by atoms with Gasteiger partial charge < -0.3 is 15.0 Å². The molecule has 1 aliphatic heterocycles. The molecule has 28 heavy (non-hydrogen) atoms. The zero-order valence-electron chi connectivity index (χ0n) is 16.4. The van der Waals surface area contributed by atoms with Gasteiger partial charge in [-0.25, -0.2) is 4.79 Å². The first-order valence-electron chi connectivity index (χ1n) is 9.70. The van der Waals surface area contributed by atoms with E-state index in [1.165, 1.54) is 5.56 Å². The summed E-state index contributed by atoms with van der Waals surface area (Å²) in [6, 6.07) is 18.2. The second kappa shape index (κ2) is 9.66. The highest BCUT2D eigenvalue weighted by molar-refractivity contribution is 7.80. The molecule has 0 radical (unpaired) electrons. The van der Waals surface area contributed by atoms with Gasteiger partial charge in [-0.1, -0.05) is 36.4 Å². The fraction of sp³-hybridized carbons (Fsp3) is 0.364. The Bertz CT molecular complexity index is 804. The normalized spacial score (nSPS) is 15.7. The Labute approximate surface area is 172 Å². The molecule has 2 aromatic rings. The molecule has 2 aromatic carbocycles. The molecule has 0 saturated carbocycles. The van der Waals surface area contributed by atoms with Crippen LogP contribution in [0.15, 0.2) is 54.6 Å². The fourth-order valence-electron chi connectivity index (χ4n) is 3.40. The van der Waals surface area contributed by atoms with Crippen LogP contribution in [0.2, 0.25) is 0 Å². The number of nitrogens with zero attached hydrogens (tertiary/aromatic N) is 2. The van der Waals surface area contributed by atoms with Crippen molar-refractivity contribution in [1.82, 2.24) is 9.80 Å². The minimum Gasteiger partial charge on any atom is -0.462 e. The molecule has 0 amide bonds. The van der Waals surface area contributed by atoms with Gasteiger partial charge in [0.25, 0.3) is 0 Å². The highest BCUT2D eigenvalue weighted by Gasteiger charge is 2.23. The number of benzene rings is 2. The lowest BCUT2D eigenvalue weighted by molar-refractivity contribution is 0.0526. The molecule has 0 spiro atoms. The van der Waals surface area contributed by atoms with E-state index in [1.54, 1.807) is 19.1 Å². The summed E-state index contributed by atoms with van der Waals surface area (Å²) < 4.78 is 5.06. The largest absolute Gasteiger partial charge is 0.462 e. The fourth-order valence-corrected chi connectivity index (χ4v) is 3.70. The van der Waals surface area contributed by atoms with Crippen molar-refractivity contribution in [2.24, 2.45) is 0 Å². The monoisotopic (exact) mass is 397 g/mol. The van der Waals surface area contributed by atoms with Gasteiger partial charge in [-0.15, -0.1) is 0 Å². The van der Waals surface area contributed by atoms with Gasteiger partial charge in [0, 0.05) is 37.9 Å². The van der Waals surface area contributed by atoms with E-state index in [9.17, 15) is 4.79 Å². The summed E-state index contributed by atoms with van der Waals surface area (Å²) in [5.41, 5.74) is 2.67. The van der Waals surface area contributed by atoms with Crippen LogP contribution in [0.25, 0.3) is 0 Å². The van der Waals surface area contributed by atoms with E-state index in [1.807, 2.05) is 12.1 Å². The summed E-state index contributed by atoms with van der Waals surface area (Å²) in [7, 11) is 0. The Balaban J connectivity index is 1.54. The van der Waals surface area contributed by atoms with E-state index in [4.69, 9.17) is 17.0 Å². The Morgan fingerprint density at radius 3 is 2.50 bits per heavy atom. The molecule has 148 valence electrons. The van der Waals surface area contributed by atoms with Crippen LogP contribution in [0.4, 0.5) is 5.69 Å². The van der Waals surface area contributed by atoms with Gasteiger partial charge in [-0.2, -0.15) is 0 Å². The van der Waals surface area contributed by atoms with Gasteiger partial charge in [0.2, 0.25) is 0 Å². The maximum absolute atomic E-state index is 11.9. The number of rotatable bonds is 5. The third kappa shape index (κ3) is 5.09. The third-order valence-corrected chi connectivity index (χ3v) is 5.42. The number of nitrogens with one attached hydrogen (secondary N) is 1. The maximum Gasteiger partial charge on any atom is 0.338 e. The topological polar surface area (TPSA) is 44.8 Å². The second-order valence-electron chi connectivity index (χ2n) is 6.84. The highest BCUT2D eigenvalue weighted by Crippen LogP contribution is 2.21. The van der Waals surface area contributed by atoms with Crippen molar-refractivity contribution in [1.29, 1.82) is 0 Å². The molecule has 1 atom stereocenters. The molecule has 1 fully saturated rings. The first-order valence-corrected chi connectivity index (χ1v) is 10.1. The van der Waals surface area contributed by atoms with Crippen LogP contribution in [-0.4, -0.2) is 53.7 Å². The quantitative estimate of drug-likeness (QED) is 0.609. The number of hydrogen-bond donors (Lipinski definition) is 1. The number of piperazine rings is 1. The molecule has 6 heteroatoms. The molecule has 1 N–H and O–H groups in total. The molecule has 0 aliphatic carbocycles. The number of hydrogen-bond acceptors (Lipinski definition) is 4. The van der Waals surface area contributed by atoms with Crippen molar-refractivity contribution in [2.45, 2.75) is 19.9 Å². The van der Waals surface area contributed by atoms with E-state index < -0.39 is 0 Å². The van der Waals surface area contributed by atoms with Crippen molar-refractivity contribution in [2.75, 3.05) is 38.1 Å². The second-order valence-corrected chi connectivity index (χ2v) is 7.23. The van der Waals surface area contributed by atoms with Crippen molar-refractivity contribution in [3.05, 3.63) is 65.7 Å². The van der Waals surface area contributed by atoms with Gasteiger partial charge in [0.15, 0.2) is 5.11 Å². The molecular weight excluding hydrogens is 370 g/mol. The average Bonchev–Trinajstić information content (AvgIpc) is 2.74. The van der Waals surface area contributed by atoms with E-state index in [-0.39, 0.29) is 5.97 Å². The Hall–Kier alpha value is -2.44. The van der Waals surface area contributed by atoms with Crippen LogP contribution in [0.5, 0.6) is 0 Å². The number of esters is 1. The highest BCUT2D eigenvalue weighted by atomic mass is 32.1. The van der Waals surface area contributed by atoms with E-state index >= 15 is 0 Å². The van der Waals surface area contributed by atoms with E-state index in [0.717, 1.165) is 31.9 Å². The maximum atomic E-state index is 11.9. The Morgan fingerprint density at radius 1 is 1.11 bits per heavy atom. The van der Waals surface area contributed by atoms with Crippen molar-refractivity contribution in [3.63, 3.8) is 0 Å². The van der Waals surface area contributed by atoms with Crippen LogP contribution in [0.3, 0.4) is 0 Å². The van der Waals surface area contributed by atoms with Crippen LogP contribution < -0.4 is 5.32 Å². The minimum absolute atomic E-state index is 0.319. The molecule has 0 aromatic heterocycles. The minimum atomic E-state index is -0.319. The standard InChI is InChI=1S/C22H27N3O2S/c1-3-27-21(26)19-10-7-11-20(16-19)23-22(28)25-14-12-24(13-15-25)17(2)18-8-5-4-6-9-18/h4-11,16-17H,3,12-15H2,1-2H3,(H,23,28). The Kier molecular flexibility index (Phi) is 7.01. The molecule has 1 saturated heterocycles.